The average Bonchev–Trinajstić information content (AvgIpc) is 2.26. The Morgan fingerprint density at radius 1 is 1.12 bits per heavy atom. The zero-order valence-electron chi connectivity index (χ0n) is 10.3. The van der Waals surface area contributed by atoms with Crippen LogP contribution >= 0.6 is 0 Å². The fraction of sp³-hybridized carbons (Fsp3) is 0.538. The summed E-state index contributed by atoms with van der Waals surface area (Å²) in [4.78, 5) is 0. The number of rotatable bonds is 4. The van der Waals surface area contributed by atoms with Gasteiger partial charge < -0.3 is 14.9 Å². The smallest absolute Gasteiger partial charge is 0.122 e. The maximum atomic E-state index is 9.78. The van der Waals surface area contributed by atoms with E-state index in [1.54, 1.807) is 20.1 Å². The van der Waals surface area contributed by atoms with Crippen LogP contribution in [-0.4, -0.2) is 23.4 Å². The Balaban J connectivity index is 3.11. The number of aliphatic hydroxyl groups is 2. The van der Waals surface area contributed by atoms with Gasteiger partial charge in [0.05, 0.1) is 13.2 Å². The highest BCUT2D eigenvalue weighted by molar-refractivity contribution is 5.40. The monoisotopic (exact) mass is 224 g/mol. The van der Waals surface area contributed by atoms with Crippen molar-refractivity contribution < 1.29 is 14.9 Å². The van der Waals surface area contributed by atoms with Crippen molar-refractivity contribution in [3.63, 3.8) is 0 Å². The van der Waals surface area contributed by atoms with E-state index in [2.05, 4.69) is 13.8 Å². The maximum absolute atomic E-state index is 9.78. The molecule has 90 valence electrons. The van der Waals surface area contributed by atoms with Crippen LogP contribution < -0.4 is 4.74 Å². The first-order valence-electron chi connectivity index (χ1n) is 5.51. The van der Waals surface area contributed by atoms with Crippen LogP contribution in [0.3, 0.4) is 0 Å². The molecule has 0 bridgehead atoms. The van der Waals surface area contributed by atoms with Crippen LogP contribution in [0, 0.1) is 0 Å². The van der Waals surface area contributed by atoms with E-state index in [-0.39, 0.29) is 0 Å². The second-order valence-electron chi connectivity index (χ2n) is 4.34. The quantitative estimate of drug-likeness (QED) is 0.824. The Morgan fingerprint density at radius 3 is 2.19 bits per heavy atom. The summed E-state index contributed by atoms with van der Waals surface area (Å²) in [6.07, 6.45) is -1.61. The van der Waals surface area contributed by atoms with Crippen molar-refractivity contribution in [3.8, 4) is 5.75 Å². The van der Waals surface area contributed by atoms with Gasteiger partial charge in [-0.15, -0.1) is 0 Å². The molecule has 0 spiro atoms. The summed E-state index contributed by atoms with van der Waals surface area (Å²) in [5.74, 6) is 1.13. The molecular formula is C13H20O3. The molecule has 0 aliphatic rings. The van der Waals surface area contributed by atoms with Crippen molar-refractivity contribution in [1.82, 2.24) is 0 Å². The van der Waals surface area contributed by atoms with Gasteiger partial charge in [-0.2, -0.15) is 0 Å². The molecule has 1 rings (SSSR count). The summed E-state index contributed by atoms with van der Waals surface area (Å²) in [7, 11) is 1.63. The first-order chi connectivity index (χ1) is 7.47. The van der Waals surface area contributed by atoms with Gasteiger partial charge >= 0.3 is 0 Å². The van der Waals surface area contributed by atoms with E-state index in [0.717, 1.165) is 16.9 Å². The fourth-order valence-electron chi connectivity index (χ4n) is 1.67. The molecule has 2 unspecified atom stereocenters. The molecular weight excluding hydrogens is 204 g/mol. The van der Waals surface area contributed by atoms with Crippen molar-refractivity contribution in [1.29, 1.82) is 0 Å². The minimum atomic E-state index is -0.844. The van der Waals surface area contributed by atoms with Gasteiger partial charge in [0.25, 0.3) is 0 Å². The van der Waals surface area contributed by atoms with Crippen molar-refractivity contribution in [2.45, 2.75) is 38.9 Å². The summed E-state index contributed by atoms with van der Waals surface area (Å²) in [5, 5.41) is 19.1. The summed E-state index contributed by atoms with van der Waals surface area (Å²) >= 11 is 0. The fourth-order valence-corrected chi connectivity index (χ4v) is 1.67. The third kappa shape index (κ3) is 2.74. The van der Waals surface area contributed by atoms with Gasteiger partial charge in [-0.3, -0.25) is 0 Å². The van der Waals surface area contributed by atoms with E-state index in [4.69, 9.17) is 4.74 Å². The van der Waals surface area contributed by atoms with Crippen molar-refractivity contribution in [2.75, 3.05) is 7.11 Å². The number of benzene rings is 1. The molecule has 0 aliphatic carbocycles. The lowest BCUT2D eigenvalue weighted by Gasteiger charge is -2.18. The standard InChI is InChI=1S/C13H20O3/c1-8(2)11-7-10(13(15)9(3)14)5-6-12(11)16-4/h5-9,13-15H,1-4H3. The highest BCUT2D eigenvalue weighted by Gasteiger charge is 2.16. The van der Waals surface area contributed by atoms with Crippen LogP contribution in [0.25, 0.3) is 0 Å². The summed E-state index contributed by atoms with van der Waals surface area (Å²) in [6.45, 7) is 5.71. The molecule has 2 N–H and O–H groups in total. The van der Waals surface area contributed by atoms with Crippen LogP contribution in [0.15, 0.2) is 18.2 Å². The minimum absolute atomic E-state index is 0.316. The molecule has 1 aromatic carbocycles. The lowest BCUT2D eigenvalue weighted by atomic mass is 9.96. The van der Waals surface area contributed by atoms with E-state index in [9.17, 15) is 10.2 Å². The molecule has 0 aromatic heterocycles. The molecule has 0 fully saturated rings. The molecule has 2 atom stereocenters. The molecule has 1 aromatic rings. The number of methoxy groups -OCH3 is 1. The Bertz CT molecular complexity index is 345. The summed E-state index contributed by atoms with van der Waals surface area (Å²) in [6, 6.07) is 5.50. The SMILES string of the molecule is COc1ccc(C(O)C(C)O)cc1C(C)C. The Hall–Kier alpha value is -1.06. The van der Waals surface area contributed by atoms with Gasteiger partial charge in [-0.25, -0.2) is 0 Å². The topological polar surface area (TPSA) is 49.7 Å². The molecule has 0 saturated carbocycles. The van der Waals surface area contributed by atoms with Crippen molar-refractivity contribution in [3.05, 3.63) is 29.3 Å². The average molecular weight is 224 g/mol. The van der Waals surface area contributed by atoms with E-state index >= 15 is 0 Å². The van der Waals surface area contributed by atoms with Crippen LogP contribution in [0.4, 0.5) is 0 Å². The van der Waals surface area contributed by atoms with E-state index in [1.165, 1.54) is 0 Å². The zero-order chi connectivity index (χ0) is 12.3. The van der Waals surface area contributed by atoms with Crippen LogP contribution in [-0.2, 0) is 0 Å². The van der Waals surface area contributed by atoms with Gasteiger partial charge in [0.15, 0.2) is 0 Å². The molecule has 0 heterocycles. The van der Waals surface area contributed by atoms with Crippen molar-refractivity contribution >= 4 is 0 Å². The molecule has 0 aliphatic heterocycles. The largest absolute Gasteiger partial charge is 0.496 e. The Kier molecular flexibility index (Phi) is 4.33. The van der Waals surface area contributed by atoms with Gasteiger partial charge in [-0.1, -0.05) is 19.9 Å². The molecule has 3 heteroatoms. The van der Waals surface area contributed by atoms with E-state index in [1.807, 2.05) is 12.1 Å². The summed E-state index contributed by atoms with van der Waals surface area (Å²) in [5.41, 5.74) is 1.76. The normalized spacial score (nSPS) is 14.9. The number of ether oxygens (including phenoxy) is 1. The Labute approximate surface area is 96.7 Å². The van der Waals surface area contributed by atoms with Gasteiger partial charge in [0.1, 0.15) is 11.9 Å². The van der Waals surface area contributed by atoms with Crippen LogP contribution in [0.5, 0.6) is 5.75 Å². The predicted molar refractivity (Wildman–Crippen MR) is 63.7 cm³/mol. The van der Waals surface area contributed by atoms with Gasteiger partial charge in [0, 0.05) is 0 Å². The molecule has 0 saturated heterocycles. The minimum Gasteiger partial charge on any atom is -0.496 e. The first-order valence-corrected chi connectivity index (χ1v) is 5.51. The summed E-state index contributed by atoms with van der Waals surface area (Å²) < 4.78 is 5.26. The zero-order valence-corrected chi connectivity index (χ0v) is 10.3. The highest BCUT2D eigenvalue weighted by atomic mass is 16.5. The van der Waals surface area contributed by atoms with Gasteiger partial charge in [-0.05, 0) is 36.1 Å². The lowest BCUT2D eigenvalue weighted by molar-refractivity contribution is 0.0304. The third-order valence-corrected chi connectivity index (χ3v) is 2.67. The first kappa shape index (κ1) is 13.0. The van der Waals surface area contributed by atoms with E-state index in [0.29, 0.717) is 5.92 Å². The second-order valence-corrected chi connectivity index (χ2v) is 4.34. The van der Waals surface area contributed by atoms with Crippen LogP contribution in [0.2, 0.25) is 0 Å². The maximum Gasteiger partial charge on any atom is 0.122 e. The van der Waals surface area contributed by atoms with Crippen molar-refractivity contribution in [2.24, 2.45) is 0 Å². The Morgan fingerprint density at radius 2 is 1.75 bits per heavy atom. The molecule has 0 radical (unpaired) electrons. The molecule has 3 nitrogen and oxygen atoms in total. The third-order valence-electron chi connectivity index (χ3n) is 2.67. The molecule has 0 amide bonds. The van der Waals surface area contributed by atoms with E-state index < -0.39 is 12.2 Å². The number of hydrogen-bond donors (Lipinski definition) is 2. The number of aliphatic hydroxyl groups excluding tert-OH is 2. The van der Waals surface area contributed by atoms with Gasteiger partial charge in [0.2, 0.25) is 0 Å². The predicted octanol–water partition coefficient (Wildman–Crippen LogP) is 2.23. The molecule has 16 heavy (non-hydrogen) atoms. The number of hydrogen-bond acceptors (Lipinski definition) is 3. The highest BCUT2D eigenvalue weighted by Crippen LogP contribution is 2.30. The van der Waals surface area contributed by atoms with Crippen LogP contribution in [0.1, 0.15) is 43.9 Å². The second kappa shape index (κ2) is 5.32. The lowest BCUT2D eigenvalue weighted by Crippen LogP contribution is -2.14.